The van der Waals surface area contributed by atoms with Crippen LogP contribution in [0.1, 0.15) is 0 Å². The maximum atomic E-state index is 5.97. The van der Waals surface area contributed by atoms with Crippen molar-refractivity contribution in [3.8, 4) is 10.6 Å². The first-order chi connectivity index (χ1) is 8.24. The number of nitrogens with two attached hydrogens (primary N) is 1. The van der Waals surface area contributed by atoms with E-state index in [2.05, 4.69) is 25.9 Å². The standard InChI is InChI=1S/C12H8BrN3S/c13-7-1-2-9(14)8(5-7)12-16-10-6-15-4-3-11(10)17-12/h1-6H,14H2. The highest BCUT2D eigenvalue weighted by molar-refractivity contribution is 9.10. The van der Waals surface area contributed by atoms with E-state index in [-0.39, 0.29) is 0 Å². The highest BCUT2D eigenvalue weighted by Gasteiger charge is 2.09. The lowest BCUT2D eigenvalue weighted by molar-refractivity contribution is 1.34. The molecule has 5 heteroatoms. The summed E-state index contributed by atoms with van der Waals surface area (Å²) in [5.74, 6) is 0. The molecule has 0 saturated carbocycles. The van der Waals surface area contributed by atoms with Gasteiger partial charge in [-0.15, -0.1) is 11.3 Å². The van der Waals surface area contributed by atoms with E-state index in [9.17, 15) is 0 Å². The molecule has 0 aliphatic rings. The molecule has 0 unspecified atom stereocenters. The molecule has 3 rings (SSSR count). The summed E-state index contributed by atoms with van der Waals surface area (Å²) in [7, 11) is 0. The number of hydrogen-bond acceptors (Lipinski definition) is 4. The minimum atomic E-state index is 0.736. The topological polar surface area (TPSA) is 51.8 Å². The number of fused-ring (bicyclic) bond motifs is 1. The van der Waals surface area contributed by atoms with Crippen molar-refractivity contribution in [2.24, 2.45) is 0 Å². The normalized spacial score (nSPS) is 10.9. The number of pyridine rings is 1. The Labute approximate surface area is 110 Å². The van der Waals surface area contributed by atoms with Crippen LogP contribution in [-0.4, -0.2) is 9.97 Å². The van der Waals surface area contributed by atoms with Crippen molar-refractivity contribution in [2.75, 3.05) is 5.73 Å². The zero-order chi connectivity index (χ0) is 11.8. The van der Waals surface area contributed by atoms with Gasteiger partial charge in [0, 0.05) is 21.9 Å². The van der Waals surface area contributed by atoms with Crippen LogP contribution in [0.5, 0.6) is 0 Å². The molecule has 0 aliphatic heterocycles. The van der Waals surface area contributed by atoms with E-state index in [1.165, 1.54) is 0 Å². The lowest BCUT2D eigenvalue weighted by Gasteiger charge is -2.01. The van der Waals surface area contributed by atoms with Crippen molar-refractivity contribution < 1.29 is 0 Å². The van der Waals surface area contributed by atoms with E-state index >= 15 is 0 Å². The summed E-state index contributed by atoms with van der Waals surface area (Å²) in [5.41, 5.74) is 8.58. The molecule has 0 radical (unpaired) electrons. The SMILES string of the molecule is Nc1ccc(Br)cc1-c1nc2cnccc2s1. The fourth-order valence-electron chi connectivity index (χ4n) is 1.61. The maximum absolute atomic E-state index is 5.97. The molecule has 17 heavy (non-hydrogen) atoms. The van der Waals surface area contributed by atoms with Crippen LogP contribution in [-0.2, 0) is 0 Å². The molecule has 0 spiro atoms. The Bertz CT molecular complexity index is 660. The summed E-state index contributed by atoms with van der Waals surface area (Å²) in [6, 6.07) is 7.75. The summed E-state index contributed by atoms with van der Waals surface area (Å²) < 4.78 is 2.12. The van der Waals surface area contributed by atoms with Crippen LogP contribution < -0.4 is 5.73 Å². The molecule has 0 aliphatic carbocycles. The number of thiazole rings is 1. The molecule has 1 aromatic carbocycles. The maximum Gasteiger partial charge on any atom is 0.126 e. The van der Waals surface area contributed by atoms with Gasteiger partial charge in [-0.1, -0.05) is 15.9 Å². The van der Waals surface area contributed by atoms with Gasteiger partial charge in [0.15, 0.2) is 0 Å². The predicted molar refractivity (Wildman–Crippen MR) is 75.0 cm³/mol. The zero-order valence-electron chi connectivity index (χ0n) is 8.72. The van der Waals surface area contributed by atoms with Crippen molar-refractivity contribution in [3.63, 3.8) is 0 Å². The molecule has 0 saturated heterocycles. The lowest BCUT2D eigenvalue weighted by Crippen LogP contribution is -1.89. The molecule has 0 fully saturated rings. The van der Waals surface area contributed by atoms with E-state index in [4.69, 9.17) is 5.73 Å². The van der Waals surface area contributed by atoms with E-state index < -0.39 is 0 Å². The number of hydrogen-bond donors (Lipinski definition) is 1. The van der Waals surface area contributed by atoms with Gasteiger partial charge in [0.1, 0.15) is 10.5 Å². The van der Waals surface area contributed by atoms with Crippen LogP contribution in [0, 0.1) is 0 Å². The van der Waals surface area contributed by atoms with Gasteiger partial charge >= 0.3 is 0 Å². The average Bonchev–Trinajstić information content (AvgIpc) is 2.75. The first-order valence-corrected chi connectivity index (χ1v) is 6.61. The number of nitrogens with zero attached hydrogens (tertiary/aromatic N) is 2. The molecule has 0 bridgehead atoms. The van der Waals surface area contributed by atoms with Crippen LogP contribution in [0.2, 0.25) is 0 Å². The summed E-state index contributed by atoms with van der Waals surface area (Å²) in [5, 5.41) is 0.923. The third-order valence-corrected chi connectivity index (χ3v) is 4.00. The second kappa shape index (κ2) is 4.09. The quantitative estimate of drug-likeness (QED) is 0.697. The summed E-state index contributed by atoms with van der Waals surface area (Å²) in [6.07, 6.45) is 3.54. The van der Waals surface area contributed by atoms with Crippen LogP contribution in [0.4, 0.5) is 5.69 Å². The molecule has 3 nitrogen and oxygen atoms in total. The first-order valence-electron chi connectivity index (χ1n) is 5.00. The van der Waals surface area contributed by atoms with Crippen molar-refractivity contribution in [3.05, 3.63) is 41.1 Å². The summed E-state index contributed by atoms with van der Waals surface area (Å²) >= 11 is 5.07. The number of halogens is 1. The Morgan fingerprint density at radius 2 is 2.12 bits per heavy atom. The number of benzene rings is 1. The highest BCUT2D eigenvalue weighted by atomic mass is 79.9. The monoisotopic (exact) mass is 305 g/mol. The molecule has 0 atom stereocenters. The first kappa shape index (κ1) is 10.7. The van der Waals surface area contributed by atoms with E-state index in [0.717, 1.165) is 30.9 Å². The Hall–Kier alpha value is -1.46. The van der Waals surface area contributed by atoms with Crippen molar-refractivity contribution in [1.29, 1.82) is 0 Å². The minimum absolute atomic E-state index is 0.736. The van der Waals surface area contributed by atoms with Gasteiger partial charge < -0.3 is 5.73 Å². The minimum Gasteiger partial charge on any atom is -0.398 e. The Kier molecular flexibility index (Phi) is 2.57. The molecule has 2 heterocycles. The zero-order valence-corrected chi connectivity index (χ0v) is 11.1. The predicted octanol–water partition coefficient (Wildman–Crippen LogP) is 3.70. The third-order valence-electron chi connectivity index (χ3n) is 2.44. The van der Waals surface area contributed by atoms with E-state index in [1.54, 1.807) is 23.7 Å². The Balaban J connectivity index is 2.23. The van der Waals surface area contributed by atoms with Gasteiger partial charge in [0.25, 0.3) is 0 Å². The second-order valence-corrected chi connectivity index (χ2v) is 5.54. The van der Waals surface area contributed by atoms with Crippen LogP contribution >= 0.6 is 27.3 Å². The molecular formula is C12H8BrN3S. The largest absolute Gasteiger partial charge is 0.398 e. The summed E-state index contributed by atoms with van der Waals surface area (Å²) in [4.78, 5) is 8.60. The van der Waals surface area contributed by atoms with Crippen LogP contribution in [0.3, 0.4) is 0 Å². The van der Waals surface area contributed by atoms with Gasteiger partial charge in [-0.25, -0.2) is 4.98 Å². The van der Waals surface area contributed by atoms with Crippen molar-refractivity contribution >= 4 is 43.2 Å². The molecule has 3 aromatic rings. The second-order valence-electron chi connectivity index (χ2n) is 3.59. The number of rotatable bonds is 1. The summed E-state index contributed by atoms with van der Waals surface area (Å²) in [6.45, 7) is 0. The Morgan fingerprint density at radius 3 is 2.94 bits per heavy atom. The fourth-order valence-corrected chi connectivity index (χ4v) is 2.94. The smallest absolute Gasteiger partial charge is 0.126 e. The Morgan fingerprint density at radius 1 is 1.24 bits per heavy atom. The molecule has 2 aromatic heterocycles. The average molecular weight is 306 g/mol. The molecular weight excluding hydrogens is 298 g/mol. The fraction of sp³-hybridized carbons (Fsp3) is 0. The molecule has 84 valence electrons. The van der Waals surface area contributed by atoms with Gasteiger partial charge in [0.2, 0.25) is 0 Å². The third kappa shape index (κ3) is 1.92. The van der Waals surface area contributed by atoms with Gasteiger partial charge in [-0.05, 0) is 24.3 Å². The van der Waals surface area contributed by atoms with E-state index in [0.29, 0.717) is 0 Å². The van der Waals surface area contributed by atoms with Crippen molar-refractivity contribution in [1.82, 2.24) is 9.97 Å². The van der Waals surface area contributed by atoms with Crippen LogP contribution in [0.15, 0.2) is 41.1 Å². The molecule has 0 amide bonds. The van der Waals surface area contributed by atoms with Crippen molar-refractivity contribution in [2.45, 2.75) is 0 Å². The lowest BCUT2D eigenvalue weighted by atomic mass is 10.2. The van der Waals surface area contributed by atoms with Gasteiger partial charge in [-0.3, -0.25) is 4.98 Å². The number of nitrogen functional groups attached to an aromatic ring is 1. The van der Waals surface area contributed by atoms with E-state index in [1.807, 2.05) is 24.3 Å². The number of aromatic nitrogens is 2. The van der Waals surface area contributed by atoms with Gasteiger partial charge in [0.05, 0.1) is 10.9 Å². The molecule has 2 N–H and O–H groups in total. The highest BCUT2D eigenvalue weighted by Crippen LogP contribution is 2.34. The van der Waals surface area contributed by atoms with Crippen LogP contribution in [0.25, 0.3) is 20.8 Å². The number of anilines is 1. The van der Waals surface area contributed by atoms with Gasteiger partial charge in [-0.2, -0.15) is 0 Å².